The molecule has 8 saturated carbocycles. The molecule has 21 heteroatoms. The van der Waals surface area contributed by atoms with E-state index in [1.165, 1.54) is 6.20 Å². The molecule has 2 amide bonds. The number of aliphatic hydroxyl groups is 2. The number of hydrogen-bond acceptors (Lipinski definition) is 12. The van der Waals surface area contributed by atoms with Crippen molar-refractivity contribution in [2.75, 3.05) is 39.1 Å². The summed E-state index contributed by atoms with van der Waals surface area (Å²) in [5, 5.41) is 41.5. The predicted octanol–water partition coefficient (Wildman–Crippen LogP) is 3.32. The second-order valence-corrected chi connectivity index (χ2v) is 27.5. The standard InChI is InChI=1S/C28H42FN3O3.C21H32BrFO2.C7H11N3O.C5H8O4.2K.H/c1-5-31(4)25(34)18-15-30-32(16-18)17-24(33)23-9-8-21-20-7-6-19-14-26(2,35)12-13-28(19,29)22(20)10-11-27(21,23)3;1-19(25)9-10-21(23)13(11-19)3-4-14-15-5-6-17(18(24)12-22)20(15,2)8-7-16(14)21;1-3-10(2)7(11)6-4-8-9-5-6;6-5(9-7)4-2-1-3-8-4;;;/h15-16,19-23,35H,5-14,17H2,1-4H3;13-17,25H,3-12H2,1-2H3;4-5H,3H2,1-2H3,(H,8,9);4,7H,1-3H2;;;/q;;;;2*+1;-1/p-1/t19-,20+,21+,22+,23-,26-,27+,28-;13-,14+,15+,16+,17-,19-,20+,21-;;;;;/m11...../s1. The van der Waals surface area contributed by atoms with Crippen LogP contribution in [0.1, 0.15) is 192 Å². The first-order valence-electron chi connectivity index (χ1n) is 30.2. The maximum atomic E-state index is 16.6. The van der Waals surface area contributed by atoms with Crippen LogP contribution in [0.4, 0.5) is 8.78 Å². The third kappa shape index (κ3) is 14.8. The Morgan fingerprint density at radius 1 is 0.720 bits per heavy atom. The van der Waals surface area contributed by atoms with Crippen molar-refractivity contribution >= 4 is 45.3 Å². The number of carbonyl (C=O) groups is 5. The fraction of sp³-hybridized carbons (Fsp3) is 0.820. The summed E-state index contributed by atoms with van der Waals surface area (Å²) in [6, 6.07) is 0. The number of carbonyl (C=O) groups excluding carboxylic acids is 5. The van der Waals surface area contributed by atoms with Crippen LogP contribution >= 0.6 is 15.9 Å². The molecule has 3 N–H and O–H groups in total. The number of Topliss-reactive ketones (excluding diaryl/α,β-unsaturated/α-hetero) is 2. The molecule has 17 atom stereocenters. The first kappa shape index (κ1) is 70.7. The Balaban J connectivity index is 0.000000228. The van der Waals surface area contributed by atoms with Gasteiger partial charge in [-0.05, 0) is 214 Å². The van der Waals surface area contributed by atoms with Crippen LogP contribution in [0.15, 0.2) is 24.8 Å². The molecule has 8 aliphatic carbocycles. The van der Waals surface area contributed by atoms with E-state index < -0.39 is 34.6 Å². The first-order valence-corrected chi connectivity index (χ1v) is 31.3. The van der Waals surface area contributed by atoms with Crippen molar-refractivity contribution in [2.45, 2.75) is 205 Å². The van der Waals surface area contributed by atoms with Crippen molar-refractivity contribution in [3.05, 3.63) is 35.9 Å². The molecule has 0 radical (unpaired) electrons. The minimum atomic E-state index is -1.15. The normalized spacial score (nSPS) is 39.2. The van der Waals surface area contributed by atoms with Gasteiger partial charge in [0.25, 0.3) is 11.8 Å². The number of rotatable bonds is 10. The van der Waals surface area contributed by atoms with Crippen LogP contribution in [-0.4, -0.2) is 137 Å². The molecule has 82 heavy (non-hydrogen) atoms. The number of H-pyrrole nitrogens is 1. The van der Waals surface area contributed by atoms with Crippen molar-refractivity contribution < 1.29 is 162 Å². The summed E-state index contributed by atoms with van der Waals surface area (Å²) in [5.41, 5.74) is -2.54. The molecule has 2 aromatic heterocycles. The summed E-state index contributed by atoms with van der Waals surface area (Å²) in [4.78, 5) is 66.5. The molecule has 1 saturated heterocycles. The number of fused-ring (bicyclic) bond motifs is 10. The van der Waals surface area contributed by atoms with E-state index in [-0.39, 0.29) is 175 Å². The maximum Gasteiger partial charge on any atom is 1.00 e. The summed E-state index contributed by atoms with van der Waals surface area (Å²) in [5.74, 6) is 1.69. The number of nitrogens with one attached hydrogen (secondary N) is 1. The van der Waals surface area contributed by atoms with Crippen molar-refractivity contribution in [3.8, 4) is 0 Å². The Bertz CT molecular complexity index is 2510. The van der Waals surface area contributed by atoms with Crippen LogP contribution in [0.5, 0.6) is 0 Å². The average molecular weight is 1270 g/mol. The maximum absolute atomic E-state index is 16.6. The Labute approximate surface area is 580 Å². The molecule has 3 heterocycles. The van der Waals surface area contributed by atoms with Crippen LogP contribution in [-0.2, 0) is 30.6 Å². The van der Waals surface area contributed by atoms with E-state index in [2.05, 4.69) is 50.0 Å². The molecular formula is C61H93BrF2K2N6O10. The zero-order valence-electron chi connectivity index (χ0n) is 51.9. The van der Waals surface area contributed by atoms with Crippen molar-refractivity contribution in [1.82, 2.24) is 29.8 Å². The number of alkyl halides is 3. The minimum Gasteiger partial charge on any atom is -1.00 e. The van der Waals surface area contributed by atoms with E-state index in [0.717, 1.165) is 83.5 Å². The molecule has 1 aliphatic heterocycles. The number of amides is 2. The second-order valence-electron chi connectivity index (χ2n) is 26.9. The van der Waals surface area contributed by atoms with Gasteiger partial charge in [-0.1, -0.05) is 29.8 Å². The van der Waals surface area contributed by atoms with Gasteiger partial charge in [0.15, 0.2) is 11.9 Å². The van der Waals surface area contributed by atoms with Gasteiger partial charge < -0.3 is 36.3 Å². The van der Waals surface area contributed by atoms with Gasteiger partial charge in [-0.15, -0.1) is 0 Å². The van der Waals surface area contributed by atoms with Crippen molar-refractivity contribution in [1.29, 1.82) is 0 Å². The van der Waals surface area contributed by atoms with Gasteiger partial charge in [-0.2, -0.15) is 10.2 Å². The van der Waals surface area contributed by atoms with Gasteiger partial charge in [0.1, 0.15) is 17.1 Å². The number of ether oxygens (including phenoxy) is 1. The summed E-state index contributed by atoms with van der Waals surface area (Å²) in [6.07, 6.45) is 22.1. The molecule has 0 aromatic carbocycles. The van der Waals surface area contributed by atoms with E-state index in [1.807, 2.05) is 27.7 Å². The third-order valence-corrected chi connectivity index (χ3v) is 22.9. The molecule has 2 aromatic rings. The zero-order valence-corrected chi connectivity index (χ0v) is 58.7. The van der Waals surface area contributed by atoms with Gasteiger partial charge in [-0.25, -0.2) is 13.6 Å². The average Bonchev–Trinajstić information content (AvgIpc) is 4.27. The molecule has 1 unspecified atom stereocenters. The minimum absolute atomic E-state index is 0. The molecule has 16 nitrogen and oxygen atoms in total. The Morgan fingerprint density at radius 2 is 1.22 bits per heavy atom. The fourth-order valence-electron chi connectivity index (χ4n) is 17.8. The molecule has 0 bridgehead atoms. The smallest absolute Gasteiger partial charge is 1.00 e. The second kappa shape index (κ2) is 29.1. The topological polar surface area (TPSA) is 220 Å². The van der Waals surface area contributed by atoms with E-state index in [1.54, 1.807) is 47.2 Å². The summed E-state index contributed by atoms with van der Waals surface area (Å²) in [6.45, 7) is 14.3. The van der Waals surface area contributed by atoms with E-state index in [9.17, 15) is 39.4 Å². The molecular weight excluding hydrogens is 1170 g/mol. The van der Waals surface area contributed by atoms with Crippen LogP contribution < -0.4 is 108 Å². The number of halogens is 3. The van der Waals surface area contributed by atoms with Crippen LogP contribution in [0, 0.1) is 70.0 Å². The first-order chi connectivity index (χ1) is 37.8. The Kier molecular flexibility index (Phi) is 25.1. The van der Waals surface area contributed by atoms with Gasteiger partial charge in [0.2, 0.25) is 0 Å². The monoisotopic (exact) mass is 1260 g/mol. The SMILES string of the molecule is CCN(C)C(=O)c1cn[nH]c1.CCN(C)C(=O)c1cnn(CC(=O)[C@H]2CC[C@H]3[C@@H]4CC[C@@H]5C[C@](C)(O)CC[C@]5(F)[C@H]4CC[C@]23C)c1.C[C@@]1(O)CC[C@@]2(F)[C@H](CC[C@H]3[C@@H]4CC[C@H](C(=O)CBr)[C@@]4(C)CC[C@@H]32)C1.O=C(O[O-])C1CCCO1.[H-].[K+].[K+]. The Hall–Kier alpha value is -0.377. The van der Waals surface area contributed by atoms with Crippen LogP contribution in [0.2, 0.25) is 0 Å². The van der Waals surface area contributed by atoms with Crippen molar-refractivity contribution in [2.24, 2.45) is 70.0 Å². The Morgan fingerprint density at radius 3 is 1.66 bits per heavy atom. The summed E-state index contributed by atoms with van der Waals surface area (Å²) >= 11 is 3.37. The van der Waals surface area contributed by atoms with Gasteiger partial charge >= 0.3 is 109 Å². The quantitative estimate of drug-likeness (QED) is 0.135. The molecule has 450 valence electrons. The number of hydrogen-bond donors (Lipinski definition) is 3. The van der Waals surface area contributed by atoms with Crippen LogP contribution in [0.3, 0.4) is 0 Å². The number of nitrogens with zero attached hydrogens (tertiary/aromatic N) is 5. The predicted molar refractivity (Wildman–Crippen MR) is 299 cm³/mol. The molecule has 11 rings (SSSR count). The largest absolute Gasteiger partial charge is 1.00 e. The van der Waals surface area contributed by atoms with Crippen LogP contribution in [0.25, 0.3) is 0 Å². The number of ketones is 2. The van der Waals surface area contributed by atoms with E-state index in [4.69, 9.17) is 4.74 Å². The van der Waals surface area contributed by atoms with Gasteiger partial charge in [0, 0.05) is 58.0 Å². The van der Waals surface area contributed by atoms with Crippen molar-refractivity contribution in [3.63, 3.8) is 0 Å². The molecule has 9 aliphatic rings. The summed E-state index contributed by atoms with van der Waals surface area (Å²) < 4.78 is 39.2. The fourth-order valence-corrected chi connectivity index (χ4v) is 18.2. The van der Waals surface area contributed by atoms with E-state index >= 15 is 8.78 Å². The summed E-state index contributed by atoms with van der Waals surface area (Å²) in [7, 11) is 3.51. The zero-order chi connectivity index (χ0) is 58.2. The molecule has 0 spiro atoms. The number of aromatic nitrogens is 4. The third-order valence-electron chi connectivity index (χ3n) is 22.4. The number of aromatic amines is 1. The van der Waals surface area contributed by atoms with Gasteiger partial charge in [-0.3, -0.25) is 29.0 Å². The molecule has 9 fully saturated rings. The van der Waals surface area contributed by atoms with Gasteiger partial charge in [0.05, 0.1) is 46.6 Å². The van der Waals surface area contributed by atoms with E-state index in [0.29, 0.717) is 111 Å².